The summed E-state index contributed by atoms with van der Waals surface area (Å²) in [7, 11) is 0. The van der Waals surface area contributed by atoms with E-state index in [4.69, 9.17) is 4.52 Å². The lowest BCUT2D eigenvalue weighted by Crippen LogP contribution is -2.34. The molecule has 0 saturated carbocycles. The van der Waals surface area contributed by atoms with Gasteiger partial charge in [0, 0.05) is 11.3 Å². The highest BCUT2D eigenvalue weighted by Crippen LogP contribution is 2.19. The number of hydrogen-bond donors (Lipinski definition) is 2. The Morgan fingerprint density at radius 1 is 1.30 bits per heavy atom. The molecule has 2 rings (SSSR count). The molecule has 0 aliphatic carbocycles. The zero-order chi connectivity index (χ0) is 16.8. The third-order valence-electron chi connectivity index (χ3n) is 3.35. The van der Waals surface area contributed by atoms with Crippen LogP contribution in [0, 0.1) is 13.8 Å². The molecule has 0 fully saturated rings. The molecular formula is C16H18N2O4S. The van der Waals surface area contributed by atoms with Crippen LogP contribution in [0.2, 0.25) is 0 Å². The quantitative estimate of drug-likeness (QED) is 0.808. The fourth-order valence-electron chi connectivity index (χ4n) is 2.09. The Kier molecular flexibility index (Phi) is 5.81. The lowest BCUT2D eigenvalue weighted by Gasteiger charge is -2.14. The molecule has 7 heteroatoms. The van der Waals surface area contributed by atoms with Crippen LogP contribution in [-0.4, -0.2) is 27.9 Å². The molecule has 23 heavy (non-hydrogen) atoms. The van der Waals surface area contributed by atoms with E-state index in [0.29, 0.717) is 11.3 Å². The van der Waals surface area contributed by atoms with Crippen LogP contribution in [-0.2, 0) is 15.3 Å². The second-order valence-corrected chi connectivity index (χ2v) is 6.03. The second kappa shape index (κ2) is 7.82. The number of carboxylic acids is 1. The summed E-state index contributed by atoms with van der Waals surface area (Å²) in [5.74, 6) is 0.0969. The maximum absolute atomic E-state index is 12.0. The maximum Gasteiger partial charge on any atom is 0.330 e. The molecule has 0 radical (unpaired) electrons. The molecule has 1 aromatic heterocycles. The van der Waals surface area contributed by atoms with Crippen molar-refractivity contribution < 1.29 is 19.2 Å². The molecule has 0 aliphatic heterocycles. The van der Waals surface area contributed by atoms with Crippen molar-refractivity contribution in [2.45, 2.75) is 25.6 Å². The monoisotopic (exact) mass is 334 g/mol. The van der Waals surface area contributed by atoms with Crippen LogP contribution >= 0.6 is 11.8 Å². The first-order valence-electron chi connectivity index (χ1n) is 7.05. The van der Waals surface area contributed by atoms with Gasteiger partial charge in [-0.15, -0.1) is 11.8 Å². The summed E-state index contributed by atoms with van der Waals surface area (Å²) in [6.45, 7) is 3.67. The lowest BCUT2D eigenvalue weighted by atomic mass is 10.1. The number of amides is 1. The molecule has 122 valence electrons. The van der Waals surface area contributed by atoms with Gasteiger partial charge in [-0.2, -0.15) is 0 Å². The van der Waals surface area contributed by atoms with Crippen LogP contribution in [0.5, 0.6) is 0 Å². The number of aromatic nitrogens is 1. The average molecular weight is 334 g/mol. The topological polar surface area (TPSA) is 92.4 Å². The Labute approximate surface area is 138 Å². The van der Waals surface area contributed by atoms with Crippen molar-refractivity contribution in [2.75, 3.05) is 5.75 Å². The first-order chi connectivity index (χ1) is 11.0. The van der Waals surface area contributed by atoms with Crippen molar-refractivity contribution in [2.24, 2.45) is 0 Å². The first-order valence-corrected chi connectivity index (χ1v) is 8.21. The fourth-order valence-corrected chi connectivity index (χ4v) is 3.08. The van der Waals surface area contributed by atoms with Gasteiger partial charge >= 0.3 is 5.97 Å². The zero-order valence-corrected chi connectivity index (χ0v) is 13.7. The van der Waals surface area contributed by atoms with Crippen molar-refractivity contribution in [1.82, 2.24) is 10.5 Å². The number of aryl methyl sites for hydroxylation is 2. The highest BCUT2D eigenvalue weighted by atomic mass is 32.2. The van der Waals surface area contributed by atoms with Gasteiger partial charge in [-0.1, -0.05) is 35.5 Å². The van der Waals surface area contributed by atoms with Gasteiger partial charge in [0.2, 0.25) is 5.91 Å². The molecule has 2 aromatic rings. The molecule has 2 N–H and O–H groups in total. The normalized spacial score (nSPS) is 11.9. The average Bonchev–Trinajstić information content (AvgIpc) is 2.85. The van der Waals surface area contributed by atoms with Gasteiger partial charge in [0.15, 0.2) is 6.04 Å². The second-order valence-electron chi connectivity index (χ2n) is 5.04. The van der Waals surface area contributed by atoms with Crippen LogP contribution < -0.4 is 5.32 Å². The third-order valence-corrected chi connectivity index (χ3v) is 4.31. The van der Waals surface area contributed by atoms with E-state index in [1.165, 1.54) is 11.8 Å². The minimum atomic E-state index is -1.08. The number of nitrogens with one attached hydrogen (secondary N) is 1. The standard InChI is InChI=1S/C16H18N2O4S/c1-10-13(11(2)22-18-10)8-23-9-14(19)17-15(16(20)21)12-6-4-3-5-7-12/h3-7,15H,8-9H2,1-2H3,(H,17,19)(H,20,21)/t15-/m1/s1. The predicted octanol–water partition coefficient (Wildman–Crippen LogP) is 2.47. The molecular weight excluding hydrogens is 316 g/mol. The van der Waals surface area contributed by atoms with E-state index in [9.17, 15) is 14.7 Å². The van der Waals surface area contributed by atoms with E-state index < -0.39 is 12.0 Å². The number of nitrogens with zero attached hydrogens (tertiary/aromatic N) is 1. The van der Waals surface area contributed by atoms with E-state index in [0.717, 1.165) is 17.0 Å². The lowest BCUT2D eigenvalue weighted by molar-refractivity contribution is -0.141. The van der Waals surface area contributed by atoms with Gasteiger partial charge in [-0.3, -0.25) is 4.79 Å². The van der Waals surface area contributed by atoms with E-state index in [1.807, 2.05) is 13.8 Å². The summed E-state index contributed by atoms with van der Waals surface area (Å²) in [5, 5.41) is 15.7. The molecule has 0 spiro atoms. The highest BCUT2D eigenvalue weighted by molar-refractivity contribution is 7.99. The molecule has 1 aromatic carbocycles. The van der Waals surface area contributed by atoms with Crippen molar-refractivity contribution in [1.29, 1.82) is 0 Å². The first kappa shape index (κ1) is 17.1. The Hall–Kier alpha value is -2.28. The van der Waals surface area contributed by atoms with Crippen LogP contribution in [0.1, 0.15) is 28.6 Å². The van der Waals surface area contributed by atoms with Crippen molar-refractivity contribution in [3.63, 3.8) is 0 Å². The Balaban J connectivity index is 1.89. The number of hydrogen-bond acceptors (Lipinski definition) is 5. The minimum Gasteiger partial charge on any atom is -0.479 e. The van der Waals surface area contributed by atoms with Crippen molar-refractivity contribution in [3.8, 4) is 0 Å². The number of benzene rings is 1. The van der Waals surface area contributed by atoms with Gasteiger partial charge in [0.1, 0.15) is 5.76 Å². The smallest absolute Gasteiger partial charge is 0.330 e. The number of aliphatic carboxylic acids is 1. The Morgan fingerprint density at radius 3 is 2.57 bits per heavy atom. The zero-order valence-electron chi connectivity index (χ0n) is 12.9. The Bertz CT molecular complexity index is 665. The van der Waals surface area contributed by atoms with Gasteiger partial charge in [-0.05, 0) is 19.4 Å². The van der Waals surface area contributed by atoms with E-state index in [-0.39, 0.29) is 11.7 Å². The van der Waals surface area contributed by atoms with Gasteiger partial charge in [-0.25, -0.2) is 4.79 Å². The molecule has 1 heterocycles. The van der Waals surface area contributed by atoms with Crippen molar-refractivity contribution >= 4 is 23.6 Å². The SMILES string of the molecule is Cc1noc(C)c1CSCC(=O)N[C@@H](C(=O)O)c1ccccc1. The molecule has 6 nitrogen and oxygen atoms in total. The molecule has 0 bridgehead atoms. The molecule has 0 unspecified atom stereocenters. The van der Waals surface area contributed by atoms with Gasteiger partial charge in [0.25, 0.3) is 0 Å². The van der Waals surface area contributed by atoms with Crippen LogP contribution in [0.15, 0.2) is 34.9 Å². The molecule has 1 atom stereocenters. The molecule has 0 aliphatic rings. The number of carbonyl (C=O) groups excluding carboxylic acids is 1. The van der Waals surface area contributed by atoms with Crippen LogP contribution in [0.4, 0.5) is 0 Å². The van der Waals surface area contributed by atoms with E-state index >= 15 is 0 Å². The number of carbonyl (C=O) groups is 2. The molecule has 1 amide bonds. The summed E-state index contributed by atoms with van der Waals surface area (Å²) < 4.78 is 5.07. The summed E-state index contributed by atoms with van der Waals surface area (Å²) in [6, 6.07) is 7.59. The van der Waals surface area contributed by atoms with E-state index in [1.54, 1.807) is 30.3 Å². The maximum atomic E-state index is 12.0. The highest BCUT2D eigenvalue weighted by Gasteiger charge is 2.21. The van der Waals surface area contributed by atoms with Crippen molar-refractivity contribution in [3.05, 3.63) is 52.9 Å². The van der Waals surface area contributed by atoms with Gasteiger partial charge in [0.05, 0.1) is 11.4 Å². The molecule has 0 saturated heterocycles. The predicted molar refractivity (Wildman–Crippen MR) is 87.1 cm³/mol. The fraction of sp³-hybridized carbons (Fsp3) is 0.312. The summed E-state index contributed by atoms with van der Waals surface area (Å²) in [4.78, 5) is 23.3. The summed E-state index contributed by atoms with van der Waals surface area (Å²) >= 11 is 1.39. The van der Waals surface area contributed by atoms with Crippen LogP contribution in [0.3, 0.4) is 0 Å². The number of rotatable bonds is 7. The number of thioether (sulfide) groups is 1. The Morgan fingerprint density at radius 2 is 2.00 bits per heavy atom. The minimum absolute atomic E-state index is 0.167. The largest absolute Gasteiger partial charge is 0.479 e. The number of carboxylic acid groups (broad SMARTS) is 1. The van der Waals surface area contributed by atoms with Crippen LogP contribution in [0.25, 0.3) is 0 Å². The van der Waals surface area contributed by atoms with Gasteiger partial charge < -0.3 is 14.9 Å². The summed E-state index contributed by atoms with van der Waals surface area (Å²) in [5.41, 5.74) is 2.33. The third kappa shape index (κ3) is 4.59. The van der Waals surface area contributed by atoms with E-state index in [2.05, 4.69) is 10.5 Å². The summed E-state index contributed by atoms with van der Waals surface area (Å²) in [6.07, 6.45) is 0.